The summed E-state index contributed by atoms with van der Waals surface area (Å²) in [6.07, 6.45) is 4.52. The fraction of sp³-hybridized carbons (Fsp3) is 0.240. The molecule has 0 spiro atoms. The Hall–Kier alpha value is -4.07. The number of nitrogens with zero attached hydrogens (tertiary/aromatic N) is 2. The third-order valence-corrected chi connectivity index (χ3v) is 5.28. The molecule has 1 unspecified atom stereocenters. The van der Waals surface area contributed by atoms with E-state index in [-0.39, 0.29) is 17.9 Å². The molecule has 1 saturated heterocycles. The maximum Gasteiger partial charge on any atom is 0.296 e. The van der Waals surface area contributed by atoms with Crippen LogP contribution in [0.15, 0.2) is 71.1 Å². The fourth-order valence-corrected chi connectivity index (χ4v) is 3.86. The molecule has 1 N–H and O–H groups in total. The Morgan fingerprint density at radius 2 is 1.79 bits per heavy atom. The third kappa shape index (κ3) is 4.32. The van der Waals surface area contributed by atoms with Crippen LogP contribution in [0.5, 0.6) is 11.5 Å². The molecule has 170 valence electrons. The summed E-state index contributed by atoms with van der Waals surface area (Å²) in [5.41, 5.74) is 0.981. The van der Waals surface area contributed by atoms with E-state index in [2.05, 4.69) is 4.98 Å². The highest BCUT2D eigenvalue weighted by molar-refractivity contribution is 6.46. The van der Waals surface area contributed by atoms with Crippen molar-refractivity contribution in [1.29, 1.82) is 0 Å². The van der Waals surface area contributed by atoms with E-state index in [0.29, 0.717) is 41.6 Å². The number of aromatic nitrogens is 1. The highest BCUT2D eigenvalue weighted by Gasteiger charge is 2.46. The number of likely N-dealkylation sites (tertiary alicyclic amines) is 1. The lowest BCUT2D eigenvalue weighted by Crippen LogP contribution is -2.29. The fourth-order valence-electron chi connectivity index (χ4n) is 3.86. The first-order chi connectivity index (χ1) is 16.0. The van der Waals surface area contributed by atoms with E-state index in [0.717, 1.165) is 0 Å². The molecule has 1 aromatic carbocycles. The minimum atomic E-state index is -0.849. The predicted molar refractivity (Wildman–Crippen MR) is 120 cm³/mol. The normalized spacial score (nSPS) is 17.4. The van der Waals surface area contributed by atoms with Gasteiger partial charge in [-0.05, 0) is 55.8 Å². The smallest absolute Gasteiger partial charge is 0.296 e. The quantitative estimate of drug-likeness (QED) is 0.314. The lowest BCUT2D eigenvalue weighted by atomic mass is 9.95. The molecule has 2 aromatic heterocycles. The molecule has 1 fully saturated rings. The van der Waals surface area contributed by atoms with Crippen molar-refractivity contribution in [2.45, 2.75) is 26.4 Å². The number of benzene rings is 1. The average molecular weight is 448 g/mol. The number of aliphatic hydroxyl groups is 1. The number of ketones is 1. The van der Waals surface area contributed by atoms with Gasteiger partial charge in [-0.25, -0.2) is 0 Å². The maximum absolute atomic E-state index is 13.1. The van der Waals surface area contributed by atoms with Crippen molar-refractivity contribution < 1.29 is 28.6 Å². The highest BCUT2D eigenvalue weighted by atomic mass is 16.5. The Kier molecular flexibility index (Phi) is 6.44. The summed E-state index contributed by atoms with van der Waals surface area (Å²) in [6, 6.07) is 11.0. The van der Waals surface area contributed by atoms with Gasteiger partial charge in [0.2, 0.25) is 0 Å². The first-order valence-electron chi connectivity index (χ1n) is 10.7. The van der Waals surface area contributed by atoms with E-state index >= 15 is 0 Å². The Labute approximate surface area is 191 Å². The first kappa shape index (κ1) is 22.1. The van der Waals surface area contributed by atoms with Crippen LogP contribution in [0.4, 0.5) is 0 Å². The van der Waals surface area contributed by atoms with Gasteiger partial charge in [-0.3, -0.25) is 14.6 Å². The summed E-state index contributed by atoms with van der Waals surface area (Å²) in [6.45, 7) is 4.66. The Balaban J connectivity index is 1.87. The van der Waals surface area contributed by atoms with E-state index < -0.39 is 17.7 Å². The van der Waals surface area contributed by atoms with Crippen LogP contribution < -0.4 is 9.47 Å². The lowest BCUT2D eigenvalue weighted by molar-refractivity contribution is -0.140. The monoisotopic (exact) mass is 448 g/mol. The first-order valence-corrected chi connectivity index (χ1v) is 10.7. The molecule has 1 atom stereocenters. The maximum atomic E-state index is 13.1. The summed E-state index contributed by atoms with van der Waals surface area (Å²) in [4.78, 5) is 31.5. The molecule has 33 heavy (non-hydrogen) atoms. The zero-order chi connectivity index (χ0) is 23.4. The molecule has 1 aliphatic heterocycles. The van der Waals surface area contributed by atoms with Crippen LogP contribution in [0, 0.1) is 0 Å². The molecule has 3 heterocycles. The SMILES string of the molecule is CCOc1ccc(C2C(=C(O)c3ccncc3)C(=O)C(=O)N2Cc2ccco2)cc1OCC. The van der Waals surface area contributed by atoms with Gasteiger partial charge in [-0.1, -0.05) is 6.07 Å². The molecule has 0 saturated carbocycles. The number of carbonyl (C=O) groups is 2. The van der Waals surface area contributed by atoms with Gasteiger partial charge in [-0.15, -0.1) is 0 Å². The second-order valence-corrected chi connectivity index (χ2v) is 7.31. The van der Waals surface area contributed by atoms with Gasteiger partial charge < -0.3 is 23.9 Å². The largest absolute Gasteiger partial charge is 0.507 e. The van der Waals surface area contributed by atoms with Gasteiger partial charge in [-0.2, -0.15) is 0 Å². The summed E-state index contributed by atoms with van der Waals surface area (Å²) < 4.78 is 16.8. The second kappa shape index (κ2) is 9.60. The summed E-state index contributed by atoms with van der Waals surface area (Å²) in [5, 5.41) is 11.1. The van der Waals surface area contributed by atoms with Crippen molar-refractivity contribution in [3.05, 3.63) is 83.6 Å². The molecule has 1 amide bonds. The molecule has 3 aromatic rings. The van der Waals surface area contributed by atoms with Gasteiger partial charge >= 0.3 is 0 Å². The van der Waals surface area contributed by atoms with Crippen LogP contribution in [0.1, 0.15) is 36.8 Å². The third-order valence-electron chi connectivity index (χ3n) is 5.28. The zero-order valence-corrected chi connectivity index (χ0v) is 18.4. The van der Waals surface area contributed by atoms with Gasteiger partial charge in [0.05, 0.1) is 37.6 Å². The van der Waals surface area contributed by atoms with E-state index in [1.165, 1.54) is 23.6 Å². The Morgan fingerprint density at radius 1 is 1.06 bits per heavy atom. The van der Waals surface area contributed by atoms with Crippen LogP contribution in [0.2, 0.25) is 0 Å². The van der Waals surface area contributed by atoms with E-state index in [9.17, 15) is 14.7 Å². The van der Waals surface area contributed by atoms with E-state index in [1.54, 1.807) is 42.5 Å². The summed E-state index contributed by atoms with van der Waals surface area (Å²) in [5.74, 6) is -0.201. The Morgan fingerprint density at radius 3 is 2.45 bits per heavy atom. The van der Waals surface area contributed by atoms with Crippen LogP contribution in [0.25, 0.3) is 5.76 Å². The van der Waals surface area contributed by atoms with Gasteiger partial charge in [0.25, 0.3) is 11.7 Å². The number of aliphatic hydroxyl groups excluding tert-OH is 1. The average Bonchev–Trinajstić information content (AvgIpc) is 3.43. The van der Waals surface area contributed by atoms with Crippen molar-refractivity contribution >= 4 is 17.4 Å². The van der Waals surface area contributed by atoms with Crippen molar-refractivity contribution in [2.75, 3.05) is 13.2 Å². The van der Waals surface area contributed by atoms with Crippen LogP contribution in [-0.4, -0.2) is 39.9 Å². The molecule has 0 bridgehead atoms. The van der Waals surface area contributed by atoms with Crippen molar-refractivity contribution in [2.24, 2.45) is 0 Å². The van der Waals surface area contributed by atoms with Crippen LogP contribution in [-0.2, 0) is 16.1 Å². The van der Waals surface area contributed by atoms with Gasteiger partial charge in [0.15, 0.2) is 11.5 Å². The minimum Gasteiger partial charge on any atom is -0.507 e. The molecule has 4 rings (SSSR count). The molecule has 8 nitrogen and oxygen atoms in total. The van der Waals surface area contributed by atoms with Crippen molar-refractivity contribution in [3.63, 3.8) is 0 Å². The summed E-state index contributed by atoms with van der Waals surface area (Å²) in [7, 11) is 0. The van der Waals surface area contributed by atoms with Crippen LogP contribution >= 0.6 is 0 Å². The minimum absolute atomic E-state index is 0.00985. The Bertz CT molecular complexity index is 1170. The number of hydrogen-bond donors (Lipinski definition) is 1. The highest BCUT2D eigenvalue weighted by Crippen LogP contribution is 2.42. The second-order valence-electron chi connectivity index (χ2n) is 7.31. The number of pyridine rings is 1. The molecular formula is C25H24N2O6. The number of carbonyl (C=O) groups excluding carboxylic acids is 2. The molecule has 0 aliphatic carbocycles. The molecule has 1 aliphatic rings. The number of ether oxygens (including phenoxy) is 2. The molecular weight excluding hydrogens is 424 g/mol. The van der Waals surface area contributed by atoms with Crippen molar-refractivity contribution in [3.8, 4) is 11.5 Å². The predicted octanol–water partition coefficient (Wildman–Crippen LogP) is 4.09. The van der Waals surface area contributed by atoms with Gasteiger partial charge in [0.1, 0.15) is 11.5 Å². The van der Waals surface area contributed by atoms with Crippen molar-refractivity contribution in [1.82, 2.24) is 9.88 Å². The number of Topliss-reactive ketones (excluding diaryl/α,β-unsaturated/α-hetero) is 1. The van der Waals surface area contributed by atoms with E-state index in [1.807, 2.05) is 13.8 Å². The summed E-state index contributed by atoms with van der Waals surface area (Å²) >= 11 is 0. The van der Waals surface area contributed by atoms with Crippen LogP contribution in [0.3, 0.4) is 0 Å². The number of rotatable bonds is 8. The topological polar surface area (TPSA) is 102 Å². The standard InChI is InChI=1S/C25H24N2O6/c1-3-31-19-8-7-17(14-20(19)32-4-2)22-21(23(28)16-9-11-26-12-10-16)24(29)25(30)27(22)15-18-6-5-13-33-18/h5-14,22,28H,3-4,15H2,1-2H3. The lowest BCUT2D eigenvalue weighted by Gasteiger charge is -2.25. The number of amides is 1. The molecule has 0 radical (unpaired) electrons. The number of hydrogen-bond acceptors (Lipinski definition) is 7. The number of furan rings is 1. The van der Waals surface area contributed by atoms with Gasteiger partial charge in [0, 0.05) is 18.0 Å². The zero-order valence-electron chi connectivity index (χ0n) is 18.4. The molecule has 8 heteroatoms. The van der Waals surface area contributed by atoms with E-state index in [4.69, 9.17) is 13.9 Å².